The lowest BCUT2D eigenvalue weighted by atomic mass is 9.74. The summed E-state index contributed by atoms with van der Waals surface area (Å²) in [6.07, 6.45) is 2.40. The van der Waals surface area contributed by atoms with Gasteiger partial charge in [0.05, 0.1) is 5.69 Å². The number of aliphatic carboxylic acids is 1. The van der Waals surface area contributed by atoms with Crippen LogP contribution in [0.15, 0.2) is 12.1 Å². The molecule has 1 aliphatic heterocycles. The van der Waals surface area contributed by atoms with Crippen molar-refractivity contribution in [2.45, 2.75) is 63.0 Å². The van der Waals surface area contributed by atoms with Crippen molar-refractivity contribution in [3.63, 3.8) is 0 Å². The molecule has 1 fully saturated rings. The second-order valence-electron chi connectivity index (χ2n) is 8.66. The van der Waals surface area contributed by atoms with E-state index >= 15 is 0 Å². The van der Waals surface area contributed by atoms with Crippen molar-refractivity contribution in [2.24, 2.45) is 11.7 Å². The molecule has 1 unspecified atom stereocenters. The van der Waals surface area contributed by atoms with Gasteiger partial charge in [0, 0.05) is 24.3 Å². The molecule has 0 radical (unpaired) electrons. The van der Waals surface area contributed by atoms with Crippen LogP contribution in [-0.4, -0.2) is 51.9 Å². The SMILES string of the molecule is NC(CCCCB(O)O)(C(=O)O)C1CCN(c2cc(C(F)(F)F)nc3c2C=CCC3)CC1. The molecule has 11 heteroatoms. The summed E-state index contributed by atoms with van der Waals surface area (Å²) in [6.45, 7) is 0.793. The largest absolute Gasteiger partial charge is 0.480 e. The summed E-state index contributed by atoms with van der Waals surface area (Å²) in [5.41, 5.74) is 5.54. The molecule has 7 nitrogen and oxygen atoms in total. The quantitative estimate of drug-likeness (QED) is 0.352. The molecule has 0 aromatic carbocycles. The number of rotatable bonds is 8. The van der Waals surface area contributed by atoms with Gasteiger partial charge in [-0.05, 0) is 50.4 Å². The van der Waals surface area contributed by atoms with Gasteiger partial charge in [-0.25, -0.2) is 4.98 Å². The summed E-state index contributed by atoms with van der Waals surface area (Å²) in [4.78, 5) is 17.7. The molecule has 0 bridgehead atoms. The van der Waals surface area contributed by atoms with Crippen molar-refractivity contribution in [3.8, 4) is 0 Å². The zero-order valence-corrected chi connectivity index (χ0v) is 17.8. The lowest BCUT2D eigenvalue weighted by molar-refractivity contribution is -0.146. The number of allylic oxidation sites excluding steroid dienone is 1. The van der Waals surface area contributed by atoms with Gasteiger partial charge >= 0.3 is 19.3 Å². The molecule has 2 heterocycles. The molecular formula is C21H29BF3N3O4. The summed E-state index contributed by atoms with van der Waals surface area (Å²) in [6, 6.07) is 1.09. The van der Waals surface area contributed by atoms with E-state index in [4.69, 9.17) is 15.8 Å². The number of carbonyl (C=O) groups is 1. The number of hydrogen-bond acceptors (Lipinski definition) is 6. The molecule has 0 saturated carbocycles. The maximum atomic E-state index is 13.4. The Morgan fingerprint density at radius 3 is 2.53 bits per heavy atom. The molecule has 1 atom stereocenters. The fraction of sp³-hybridized carbons (Fsp3) is 0.619. The van der Waals surface area contributed by atoms with Crippen LogP contribution in [0, 0.1) is 5.92 Å². The third-order valence-corrected chi connectivity index (χ3v) is 6.50. The Kier molecular flexibility index (Phi) is 7.52. The smallest absolute Gasteiger partial charge is 0.451 e. The summed E-state index contributed by atoms with van der Waals surface area (Å²) < 4.78 is 40.2. The van der Waals surface area contributed by atoms with E-state index in [-0.39, 0.29) is 18.7 Å². The van der Waals surface area contributed by atoms with Crippen molar-refractivity contribution in [1.29, 1.82) is 0 Å². The summed E-state index contributed by atoms with van der Waals surface area (Å²) in [5, 5.41) is 27.7. The van der Waals surface area contributed by atoms with Crippen LogP contribution in [0.25, 0.3) is 6.08 Å². The average Bonchev–Trinajstić information content (AvgIpc) is 2.75. The maximum absolute atomic E-state index is 13.4. The number of anilines is 1. The van der Waals surface area contributed by atoms with Crippen LogP contribution >= 0.6 is 0 Å². The summed E-state index contributed by atoms with van der Waals surface area (Å²) in [7, 11) is -1.43. The Labute approximate surface area is 185 Å². The van der Waals surface area contributed by atoms with Gasteiger partial charge in [0.25, 0.3) is 0 Å². The Morgan fingerprint density at radius 1 is 1.25 bits per heavy atom. The lowest BCUT2D eigenvalue weighted by Gasteiger charge is -2.41. The minimum absolute atomic E-state index is 0.149. The zero-order chi connectivity index (χ0) is 23.5. The lowest BCUT2D eigenvalue weighted by Crippen LogP contribution is -2.57. The van der Waals surface area contributed by atoms with Crippen LogP contribution in [0.4, 0.5) is 18.9 Å². The molecule has 1 aromatic rings. The maximum Gasteiger partial charge on any atom is 0.451 e. The Balaban J connectivity index is 1.75. The van der Waals surface area contributed by atoms with Gasteiger partial charge < -0.3 is 25.8 Å². The molecule has 2 aliphatic rings. The van der Waals surface area contributed by atoms with E-state index in [0.717, 1.165) is 6.07 Å². The van der Waals surface area contributed by atoms with E-state index in [2.05, 4.69) is 4.98 Å². The fourth-order valence-electron chi connectivity index (χ4n) is 4.66. The molecule has 5 N–H and O–H groups in total. The number of carboxylic acids is 1. The highest BCUT2D eigenvalue weighted by molar-refractivity contribution is 6.40. The number of nitrogens with zero attached hydrogens (tertiary/aromatic N) is 2. The number of piperidine rings is 1. The first-order valence-corrected chi connectivity index (χ1v) is 10.9. The molecule has 0 spiro atoms. The standard InChI is InChI=1S/C21H29BF3N3O4/c23-21(24,25)18-13-17(15-5-1-2-6-16(15)27-18)28-11-7-14(8-12-28)20(26,19(29)30)9-3-4-10-22(31)32/h1,5,13-14,31-32H,2-4,6-12,26H2,(H,29,30). The number of pyridine rings is 1. The Morgan fingerprint density at radius 2 is 1.94 bits per heavy atom. The van der Waals surface area contributed by atoms with E-state index in [1.807, 2.05) is 17.1 Å². The molecule has 1 aromatic heterocycles. The van der Waals surface area contributed by atoms with E-state index in [0.29, 0.717) is 68.6 Å². The molecular weight excluding hydrogens is 426 g/mol. The number of fused-ring (bicyclic) bond motifs is 1. The molecule has 32 heavy (non-hydrogen) atoms. The third-order valence-electron chi connectivity index (χ3n) is 6.50. The first-order valence-electron chi connectivity index (χ1n) is 10.9. The van der Waals surface area contributed by atoms with Crippen LogP contribution in [0.1, 0.15) is 55.5 Å². The van der Waals surface area contributed by atoms with Gasteiger partial charge in [-0.2, -0.15) is 13.2 Å². The number of hydrogen-bond donors (Lipinski definition) is 4. The van der Waals surface area contributed by atoms with Crippen molar-refractivity contribution < 1.29 is 33.1 Å². The minimum atomic E-state index is -4.54. The minimum Gasteiger partial charge on any atom is -0.480 e. The van der Waals surface area contributed by atoms with Gasteiger partial charge in [-0.1, -0.05) is 25.0 Å². The van der Waals surface area contributed by atoms with Crippen LogP contribution in [-0.2, 0) is 17.4 Å². The molecule has 0 amide bonds. The summed E-state index contributed by atoms with van der Waals surface area (Å²) >= 11 is 0. The average molecular weight is 455 g/mol. The first-order chi connectivity index (χ1) is 15.0. The fourth-order valence-corrected chi connectivity index (χ4v) is 4.66. The number of aryl methyl sites for hydroxylation is 1. The third kappa shape index (κ3) is 5.44. The number of unbranched alkanes of at least 4 members (excludes halogenated alkanes) is 1. The van der Waals surface area contributed by atoms with Crippen molar-refractivity contribution >= 4 is 24.9 Å². The van der Waals surface area contributed by atoms with Crippen LogP contribution in [0.5, 0.6) is 0 Å². The zero-order valence-electron chi connectivity index (χ0n) is 17.8. The van der Waals surface area contributed by atoms with Crippen LogP contribution in [0.2, 0.25) is 6.32 Å². The molecule has 1 saturated heterocycles. The van der Waals surface area contributed by atoms with Gasteiger partial charge in [0.2, 0.25) is 0 Å². The van der Waals surface area contributed by atoms with Gasteiger partial charge in [-0.3, -0.25) is 4.79 Å². The highest BCUT2D eigenvalue weighted by Gasteiger charge is 2.43. The van der Waals surface area contributed by atoms with Gasteiger partial charge in [-0.15, -0.1) is 0 Å². The van der Waals surface area contributed by atoms with Gasteiger partial charge in [0.1, 0.15) is 11.2 Å². The van der Waals surface area contributed by atoms with E-state index < -0.39 is 30.5 Å². The van der Waals surface area contributed by atoms with Gasteiger partial charge in [0.15, 0.2) is 0 Å². The summed E-state index contributed by atoms with van der Waals surface area (Å²) in [5.74, 6) is -1.44. The highest BCUT2D eigenvalue weighted by Crippen LogP contribution is 2.39. The van der Waals surface area contributed by atoms with Crippen molar-refractivity contribution in [3.05, 3.63) is 29.1 Å². The number of halogens is 3. The number of aromatic nitrogens is 1. The number of carboxylic acid groups (broad SMARTS) is 1. The highest BCUT2D eigenvalue weighted by atomic mass is 19.4. The molecule has 3 rings (SSSR count). The second kappa shape index (κ2) is 9.80. The second-order valence-corrected chi connectivity index (χ2v) is 8.66. The van der Waals surface area contributed by atoms with Crippen LogP contribution < -0.4 is 10.6 Å². The monoisotopic (exact) mass is 455 g/mol. The van der Waals surface area contributed by atoms with E-state index in [9.17, 15) is 23.1 Å². The van der Waals surface area contributed by atoms with E-state index in [1.165, 1.54) is 0 Å². The predicted octanol–water partition coefficient (Wildman–Crippen LogP) is 2.70. The van der Waals surface area contributed by atoms with Crippen molar-refractivity contribution in [1.82, 2.24) is 4.98 Å². The first kappa shape index (κ1) is 24.5. The number of nitrogens with two attached hydrogens (primary N) is 1. The molecule has 176 valence electrons. The van der Waals surface area contributed by atoms with Crippen molar-refractivity contribution in [2.75, 3.05) is 18.0 Å². The normalized spacial score (nSPS) is 18.9. The van der Waals surface area contributed by atoms with E-state index in [1.54, 1.807) is 0 Å². The molecule has 1 aliphatic carbocycles. The predicted molar refractivity (Wildman–Crippen MR) is 115 cm³/mol. The Hall–Kier alpha value is -2.11. The number of alkyl halides is 3. The topological polar surface area (TPSA) is 120 Å². The van der Waals surface area contributed by atoms with Crippen LogP contribution in [0.3, 0.4) is 0 Å². The Bertz CT molecular complexity index is 857.